The van der Waals surface area contributed by atoms with Gasteiger partial charge in [0, 0.05) is 19.0 Å². The predicted octanol–water partition coefficient (Wildman–Crippen LogP) is 5.53. The monoisotopic (exact) mass is 721 g/mol. The van der Waals surface area contributed by atoms with Gasteiger partial charge in [-0.25, -0.2) is 4.79 Å². The maximum absolute atomic E-state index is 14.2. The van der Waals surface area contributed by atoms with Gasteiger partial charge in [0.05, 0.1) is 23.7 Å². The first kappa shape index (κ1) is 38.2. The number of aryl methyl sites for hydroxylation is 2. The highest BCUT2D eigenvalue weighted by molar-refractivity contribution is 6.05. The van der Waals surface area contributed by atoms with E-state index in [1.54, 1.807) is 80.4 Å². The van der Waals surface area contributed by atoms with E-state index in [1.807, 2.05) is 50.2 Å². The quantitative estimate of drug-likeness (QED) is 0.150. The third-order valence-corrected chi connectivity index (χ3v) is 9.24. The zero-order valence-electron chi connectivity index (χ0n) is 30.3. The fourth-order valence-electron chi connectivity index (χ4n) is 6.51. The van der Waals surface area contributed by atoms with Crippen molar-refractivity contribution in [3.63, 3.8) is 0 Å². The van der Waals surface area contributed by atoms with E-state index in [4.69, 9.17) is 14.3 Å². The third kappa shape index (κ3) is 8.89. The van der Waals surface area contributed by atoms with Crippen LogP contribution in [0.25, 0.3) is 10.8 Å². The number of ether oxygens (including phenoxy) is 2. The molecule has 0 aliphatic carbocycles. The number of benzene rings is 4. The number of para-hydroxylation sites is 1. The molecule has 276 valence electrons. The average Bonchev–Trinajstić information content (AvgIpc) is 3.57. The van der Waals surface area contributed by atoms with Crippen molar-refractivity contribution < 1.29 is 43.4 Å². The molecule has 2 amide bonds. The molecule has 0 spiro atoms. The second-order valence-electron chi connectivity index (χ2n) is 13.5. The van der Waals surface area contributed by atoms with Crippen molar-refractivity contribution >= 4 is 46.0 Å². The van der Waals surface area contributed by atoms with Crippen LogP contribution < -0.4 is 10.1 Å². The summed E-state index contributed by atoms with van der Waals surface area (Å²) in [6.07, 6.45) is -0.925. The number of hydrogen-bond donors (Lipinski definition) is 2. The number of oxime groups is 1. The largest absolute Gasteiger partial charge is 0.489 e. The highest BCUT2D eigenvalue weighted by Crippen LogP contribution is 2.31. The summed E-state index contributed by atoms with van der Waals surface area (Å²) < 4.78 is 11.3. The van der Waals surface area contributed by atoms with Gasteiger partial charge >= 0.3 is 11.9 Å². The molecule has 2 N–H and O–H groups in total. The Labute approximate surface area is 307 Å². The highest BCUT2D eigenvalue weighted by Gasteiger charge is 2.51. The Morgan fingerprint density at radius 3 is 2.23 bits per heavy atom. The number of fused-ring (bicyclic) bond motifs is 1. The summed E-state index contributed by atoms with van der Waals surface area (Å²) in [5.41, 5.74) is 0.599. The van der Waals surface area contributed by atoms with E-state index in [-0.39, 0.29) is 24.9 Å². The molecular weight excluding hydrogens is 678 g/mol. The number of amides is 2. The molecule has 4 aromatic carbocycles. The standard InChI is InChI=1S/C41H43N3O9/c1-25(2)37(44(5)38(48)30-19-18-28-14-9-10-15-29(28)20-30)33-22-41(53-43-33,24-52-31-16-7-6-8-17-31)40(50)42-32(21-35(46)47)34(45)23-51-39(49)36-26(3)12-11-13-27(36)4/h6-20,25,32,37H,21-24H2,1-5H3,(H,42,50)(H,46,47)/t32-,37-,41?/m0/s1. The van der Waals surface area contributed by atoms with Gasteiger partial charge in [0.25, 0.3) is 17.4 Å². The number of carboxylic acids is 1. The molecule has 0 bridgehead atoms. The minimum Gasteiger partial charge on any atom is -0.489 e. The molecule has 12 nitrogen and oxygen atoms in total. The molecule has 1 aliphatic heterocycles. The summed E-state index contributed by atoms with van der Waals surface area (Å²) in [5, 5.41) is 18.4. The Morgan fingerprint density at radius 1 is 0.906 bits per heavy atom. The molecule has 1 unspecified atom stereocenters. The van der Waals surface area contributed by atoms with Crippen molar-refractivity contribution in [1.29, 1.82) is 0 Å². The lowest BCUT2D eigenvalue weighted by Crippen LogP contribution is -2.57. The fraction of sp³-hybridized carbons (Fsp3) is 0.317. The number of Topliss-reactive ketones (excluding diaryl/α,β-unsaturated/α-hetero) is 1. The first-order valence-electron chi connectivity index (χ1n) is 17.3. The van der Waals surface area contributed by atoms with Crippen LogP contribution >= 0.6 is 0 Å². The molecule has 0 aromatic heterocycles. The number of nitrogens with zero attached hydrogens (tertiary/aromatic N) is 2. The molecule has 0 fully saturated rings. The maximum Gasteiger partial charge on any atom is 0.339 e. The molecule has 4 aromatic rings. The molecule has 3 atom stereocenters. The van der Waals surface area contributed by atoms with Gasteiger partial charge in [-0.05, 0) is 65.9 Å². The summed E-state index contributed by atoms with van der Waals surface area (Å²) in [6, 6.07) is 24.9. The van der Waals surface area contributed by atoms with Crippen LogP contribution in [-0.4, -0.2) is 83.2 Å². The highest BCUT2D eigenvalue weighted by atomic mass is 16.7. The summed E-state index contributed by atoms with van der Waals surface area (Å²) in [5.74, 6) is -3.81. The van der Waals surface area contributed by atoms with Gasteiger partial charge in [-0.1, -0.05) is 85.7 Å². The topological polar surface area (TPSA) is 161 Å². The number of carboxylic acid groups (broad SMARTS) is 1. The van der Waals surface area contributed by atoms with Crippen LogP contribution in [0.2, 0.25) is 0 Å². The Kier molecular flexibility index (Phi) is 11.9. The number of esters is 1. The minimum atomic E-state index is -1.85. The maximum atomic E-state index is 14.2. The van der Waals surface area contributed by atoms with Gasteiger partial charge in [0.15, 0.2) is 12.4 Å². The van der Waals surface area contributed by atoms with Gasteiger partial charge in [-0.15, -0.1) is 0 Å². The normalized spacial score (nSPS) is 16.2. The van der Waals surface area contributed by atoms with Crippen LogP contribution in [-0.2, 0) is 24.0 Å². The van der Waals surface area contributed by atoms with E-state index in [9.17, 15) is 29.1 Å². The van der Waals surface area contributed by atoms with Gasteiger partial charge in [-0.2, -0.15) is 0 Å². The number of carbonyl (C=O) groups is 5. The Hall–Kier alpha value is -6.04. The van der Waals surface area contributed by atoms with E-state index in [2.05, 4.69) is 10.5 Å². The van der Waals surface area contributed by atoms with Gasteiger partial charge in [0.1, 0.15) is 18.4 Å². The second-order valence-corrected chi connectivity index (χ2v) is 13.5. The van der Waals surface area contributed by atoms with Crippen LogP contribution in [0.5, 0.6) is 5.75 Å². The summed E-state index contributed by atoms with van der Waals surface area (Å²) in [4.78, 5) is 73.6. The Bertz CT molecular complexity index is 2020. The van der Waals surface area contributed by atoms with Crippen molar-refractivity contribution in [2.45, 2.75) is 58.2 Å². The van der Waals surface area contributed by atoms with E-state index in [0.29, 0.717) is 33.7 Å². The molecule has 5 rings (SSSR count). The molecule has 0 saturated carbocycles. The van der Waals surface area contributed by atoms with Crippen LogP contribution in [0.3, 0.4) is 0 Å². The van der Waals surface area contributed by atoms with Crippen molar-refractivity contribution in [2.24, 2.45) is 11.1 Å². The Morgan fingerprint density at radius 2 is 1.57 bits per heavy atom. The molecule has 1 heterocycles. The minimum absolute atomic E-state index is 0.140. The third-order valence-electron chi connectivity index (χ3n) is 9.24. The van der Waals surface area contributed by atoms with Crippen molar-refractivity contribution in [2.75, 3.05) is 20.3 Å². The Balaban J connectivity index is 1.37. The van der Waals surface area contributed by atoms with Crippen LogP contribution in [0.15, 0.2) is 96.2 Å². The van der Waals surface area contributed by atoms with Crippen LogP contribution in [0, 0.1) is 19.8 Å². The van der Waals surface area contributed by atoms with E-state index >= 15 is 0 Å². The number of rotatable bonds is 15. The molecule has 0 saturated heterocycles. The number of ketones is 1. The summed E-state index contributed by atoms with van der Waals surface area (Å²) >= 11 is 0. The molecular formula is C41H43N3O9. The lowest BCUT2D eigenvalue weighted by Gasteiger charge is -2.32. The second kappa shape index (κ2) is 16.5. The zero-order chi connectivity index (χ0) is 38.3. The van der Waals surface area contributed by atoms with Crippen molar-refractivity contribution in [3.05, 3.63) is 113 Å². The smallest absolute Gasteiger partial charge is 0.339 e. The summed E-state index contributed by atoms with van der Waals surface area (Å²) in [6.45, 7) is 6.15. The summed E-state index contributed by atoms with van der Waals surface area (Å²) in [7, 11) is 1.66. The lowest BCUT2D eigenvalue weighted by atomic mass is 9.88. The van der Waals surface area contributed by atoms with Gasteiger partial charge in [0.2, 0.25) is 0 Å². The zero-order valence-corrected chi connectivity index (χ0v) is 30.3. The first-order chi connectivity index (χ1) is 25.3. The molecule has 1 aliphatic rings. The average molecular weight is 722 g/mol. The van der Waals surface area contributed by atoms with Gasteiger partial charge in [-0.3, -0.25) is 19.2 Å². The van der Waals surface area contributed by atoms with Crippen molar-refractivity contribution in [1.82, 2.24) is 10.2 Å². The SMILES string of the molecule is Cc1cccc(C)c1C(=O)OCC(=O)[C@H](CC(=O)O)NC(=O)C1(COc2ccccc2)CC([C@H](C(C)C)N(C)C(=O)c2ccc3ccccc3c2)=NO1. The number of hydrogen-bond acceptors (Lipinski definition) is 9. The van der Waals surface area contributed by atoms with E-state index in [1.165, 1.54) is 0 Å². The number of aliphatic carboxylic acids is 1. The molecule has 53 heavy (non-hydrogen) atoms. The predicted molar refractivity (Wildman–Crippen MR) is 198 cm³/mol. The first-order valence-corrected chi connectivity index (χ1v) is 17.3. The number of carbonyl (C=O) groups excluding carboxylic acids is 4. The number of nitrogens with one attached hydrogen (secondary N) is 1. The molecule has 12 heteroatoms. The van der Waals surface area contributed by atoms with Crippen LogP contribution in [0.4, 0.5) is 0 Å². The van der Waals surface area contributed by atoms with E-state index in [0.717, 1.165) is 10.8 Å². The fourth-order valence-corrected chi connectivity index (χ4v) is 6.51. The molecule has 0 radical (unpaired) electrons. The van der Waals surface area contributed by atoms with Gasteiger partial charge < -0.3 is 29.6 Å². The van der Waals surface area contributed by atoms with Crippen LogP contribution in [0.1, 0.15) is 58.5 Å². The van der Waals surface area contributed by atoms with Crippen molar-refractivity contribution in [3.8, 4) is 5.75 Å². The van der Waals surface area contributed by atoms with E-state index < -0.39 is 54.3 Å². The lowest BCUT2D eigenvalue weighted by molar-refractivity contribution is -0.151.